The number of amides is 1. The van der Waals surface area contributed by atoms with Gasteiger partial charge < -0.3 is 9.84 Å². The molecular weight excluding hydrogens is 334 g/mol. The number of carbonyl (C=O) groups is 2. The zero-order valence-electron chi connectivity index (χ0n) is 14.4. The lowest BCUT2D eigenvalue weighted by atomic mass is 10.0. The Balaban J connectivity index is 1.80. The van der Waals surface area contributed by atoms with Crippen LogP contribution in [0.2, 0.25) is 0 Å². The molecule has 2 aliphatic rings. The summed E-state index contributed by atoms with van der Waals surface area (Å²) in [5, 5.41) is 9.34. The summed E-state index contributed by atoms with van der Waals surface area (Å²) in [4.78, 5) is 33.0. The first-order valence-corrected chi connectivity index (χ1v) is 8.67. The molecule has 0 spiro atoms. The number of benzene rings is 1. The minimum atomic E-state index is -1.03. The Morgan fingerprint density at radius 2 is 2.12 bits per heavy atom. The summed E-state index contributed by atoms with van der Waals surface area (Å²) in [6.07, 6.45) is 3.22. The van der Waals surface area contributed by atoms with Crippen LogP contribution in [0.4, 0.5) is 10.6 Å². The van der Waals surface area contributed by atoms with Crippen LogP contribution in [-0.4, -0.2) is 40.1 Å². The zero-order valence-corrected chi connectivity index (χ0v) is 14.4. The minimum Gasteiger partial charge on any atom is -0.493 e. The smallest absolute Gasteiger partial charge is 0.413 e. The fourth-order valence-electron chi connectivity index (χ4n) is 3.17. The average Bonchev–Trinajstić information content (AvgIpc) is 3.35. The zero-order chi connectivity index (χ0) is 18.3. The van der Waals surface area contributed by atoms with Crippen molar-refractivity contribution in [2.45, 2.75) is 26.2 Å². The summed E-state index contributed by atoms with van der Waals surface area (Å²) in [5.41, 5.74) is 2.68. The number of anilines is 1. The van der Waals surface area contributed by atoms with Crippen LogP contribution in [0.25, 0.3) is 11.3 Å². The molecule has 134 valence electrons. The van der Waals surface area contributed by atoms with Crippen molar-refractivity contribution in [2.75, 3.05) is 18.1 Å². The predicted molar refractivity (Wildman–Crippen MR) is 94.8 cm³/mol. The first-order chi connectivity index (χ1) is 12.5. The third-order valence-corrected chi connectivity index (χ3v) is 4.81. The topological polar surface area (TPSA) is 92.6 Å². The second-order valence-electron chi connectivity index (χ2n) is 6.73. The Bertz CT molecular complexity index is 892. The normalized spacial score (nSPS) is 15.7. The third-order valence-electron chi connectivity index (χ3n) is 4.81. The van der Waals surface area contributed by atoms with E-state index in [1.54, 1.807) is 18.2 Å². The lowest BCUT2D eigenvalue weighted by Gasteiger charge is -2.15. The summed E-state index contributed by atoms with van der Waals surface area (Å²) in [7, 11) is 0. The van der Waals surface area contributed by atoms with E-state index in [1.165, 1.54) is 31.0 Å². The molecule has 0 saturated heterocycles. The Hall–Kier alpha value is -2.96. The van der Waals surface area contributed by atoms with E-state index in [-0.39, 0.29) is 5.78 Å². The molecule has 2 heterocycles. The van der Waals surface area contributed by atoms with Gasteiger partial charge in [0.2, 0.25) is 0 Å². The molecule has 1 aliphatic heterocycles. The van der Waals surface area contributed by atoms with Crippen molar-refractivity contribution < 1.29 is 19.4 Å². The quantitative estimate of drug-likeness (QED) is 0.830. The average molecular weight is 353 g/mol. The molecule has 7 heteroatoms. The number of hydrogen-bond donors (Lipinski definition) is 1. The van der Waals surface area contributed by atoms with E-state index in [0.29, 0.717) is 53.9 Å². The third kappa shape index (κ3) is 3.00. The van der Waals surface area contributed by atoms with Gasteiger partial charge in [0, 0.05) is 23.2 Å². The van der Waals surface area contributed by atoms with Gasteiger partial charge in [-0.05, 0) is 50.3 Å². The van der Waals surface area contributed by atoms with E-state index in [0.717, 1.165) is 5.56 Å². The summed E-state index contributed by atoms with van der Waals surface area (Å²) >= 11 is 0. The monoisotopic (exact) mass is 353 g/mol. The van der Waals surface area contributed by atoms with Gasteiger partial charge >= 0.3 is 6.09 Å². The number of ketones is 1. The standard InChI is InChI=1S/C19H19N3O4/c1-11(23)13-4-5-16(26-9-12-2-3-12)15(8-13)17-14-6-7-22(19(24)25)18(14)21-10-20-17/h4-5,8,10,12H,2-3,6-7,9H2,1H3,(H,24,25). The maximum absolute atomic E-state index is 11.8. The van der Waals surface area contributed by atoms with E-state index in [4.69, 9.17) is 4.74 Å². The van der Waals surface area contributed by atoms with Crippen LogP contribution in [0, 0.1) is 5.92 Å². The highest BCUT2D eigenvalue weighted by Crippen LogP contribution is 2.39. The van der Waals surface area contributed by atoms with Crippen molar-refractivity contribution in [3.63, 3.8) is 0 Å². The van der Waals surface area contributed by atoms with Crippen molar-refractivity contribution in [1.29, 1.82) is 0 Å². The van der Waals surface area contributed by atoms with Gasteiger partial charge in [0.05, 0.1) is 12.3 Å². The first-order valence-electron chi connectivity index (χ1n) is 8.67. The van der Waals surface area contributed by atoms with Crippen molar-refractivity contribution in [3.8, 4) is 17.0 Å². The maximum Gasteiger partial charge on any atom is 0.413 e. The SMILES string of the molecule is CC(=O)c1ccc(OCC2CC2)c(-c2ncnc3c2CCN3C(=O)O)c1. The number of carbonyl (C=O) groups excluding carboxylic acids is 1. The molecule has 0 atom stereocenters. The Morgan fingerprint density at radius 1 is 1.31 bits per heavy atom. The summed E-state index contributed by atoms with van der Waals surface area (Å²) in [6, 6.07) is 5.32. The molecule has 0 unspecified atom stereocenters. The molecule has 0 radical (unpaired) electrons. The van der Waals surface area contributed by atoms with Gasteiger partial charge in [-0.25, -0.2) is 14.8 Å². The van der Waals surface area contributed by atoms with Gasteiger partial charge in [-0.2, -0.15) is 0 Å². The van der Waals surface area contributed by atoms with Gasteiger partial charge in [0.1, 0.15) is 17.9 Å². The van der Waals surface area contributed by atoms with Gasteiger partial charge in [0.25, 0.3) is 0 Å². The van der Waals surface area contributed by atoms with Crippen LogP contribution in [-0.2, 0) is 6.42 Å². The van der Waals surface area contributed by atoms with Crippen molar-refractivity contribution in [1.82, 2.24) is 9.97 Å². The number of nitrogens with zero attached hydrogens (tertiary/aromatic N) is 3. The molecule has 1 N–H and O–H groups in total. The van der Waals surface area contributed by atoms with Gasteiger partial charge in [-0.15, -0.1) is 0 Å². The van der Waals surface area contributed by atoms with Crippen molar-refractivity contribution in [3.05, 3.63) is 35.7 Å². The maximum atomic E-state index is 11.8. The van der Waals surface area contributed by atoms with Gasteiger partial charge in [-0.1, -0.05) is 0 Å². The van der Waals surface area contributed by atoms with Crippen molar-refractivity contribution >= 4 is 17.7 Å². The minimum absolute atomic E-state index is 0.0437. The van der Waals surface area contributed by atoms with Crippen LogP contribution >= 0.6 is 0 Å². The Kier molecular flexibility index (Phi) is 4.06. The number of fused-ring (bicyclic) bond motifs is 1. The number of rotatable bonds is 5. The van der Waals surface area contributed by atoms with Crippen LogP contribution in [0.1, 0.15) is 35.7 Å². The van der Waals surface area contributed by atoms with Crippen LogP contribution in [0.15, 0.2) is 24.5 Å². The highest BCUT2D eigenvalue weighted by Gasteiger charge is 2.30. The summed E-state index contributed by atoms with van der Waals surface area (Å²) in [5.74, 6) is 1.62. The van der Waals surface area contributed by atoms with E-state index < -0.39 is 6.09 Å². The van der Waals surface area contributed by atoms with Crippen LogP contribution < -0.4 is 9.64 Å². The number of Topliss-reactive ketones (excluding diaryl/α,β-unsaturated/α-hetero) is 1. The second-order valence-corrected chi connectivity index (χ2v) is 6.73. The molecule has 2 aromatic rings. The molecule has 26 heavy (non-hydrogen) atoms. The highest BCUT2D eigenvalue weighted by molar-refractivity contribution is 5.96. The summed E-state index contributed by atoms with van der Waals surface area (Å²) in [6.45, 7) is 2.50. The lowest BCUT2D eigenvalue weighted by molar-refractivity contribution is 0.101. The fourth-order valence-corrected chi connectivity index (χ4v) is 3.17. The molecule has 1 aliphatic carbocycles. The molecule has 1 aromatic heterocycles. The van der Waals surface area contributed by atoms with E-state index in [2.05, 4.69) is 9.97 Å². The molecule has 1 amide bonds. The number of ether oxygens (including phenoxy) is 1. The largest absolute Gasteiger partial charge is 0.493 e. The second kappa shape index (κ2) is 6.40. The highest BCUT2D eigenvalue weighted by atomic mass is 16.5. The Labute approximate surface area is 150 Å². The molecule has 1 fully saturated rings. The number of hydrogen-bond acceptors (Lipinski definition) is 5. The van der Waals surface area contributed by atoms with E-state index in [9.17, 15) is 14.7 Å². The van der Waals surface area contributed by atoms with Crippen LogP contribution in [0.5, 0.6) is 5.75 Å². The van der Waals surface area contributed by atoms with Gasteiger partial charge in [0.15, 0.2) is 5.78 Å². The number of aromatic nitrogens is 2. The first kappa shape index (κ1) is 16.5. The number of carboxylic acid groups (broad SMARTS) is 1. The molecule has 1 saturated carbocycles. The predicted octanol–water partition coefficient (Wildman–Crippen LogP) is 3.18. The Morgan fingerprint density at radius 3 is 2.81 bits per heavy atom. The molecule has 1 aromatic carbocycles. The van der Waals surface area contributed by atoms with Crippen molar-refractivity contribution in [2.24, 2.45) is 5.92 Å². The van der Waals surface area contributed by atoms with Crippen LogP contribution in [0.3, 0.4) is 0 Å². The van der Waals surface area contributed by atoms with E-state index >= 15 is 0 Å². The van der Waals surface area contributed by atoms with E-state index in [1.807, 2.05) is 0 Å². The van der Waals surface area contributed by atoms with Gasteiger partial charge in [-0.3, -0.25) is 9.69 Å². The molecular formula is C19H19N3O4. The summed E-state index contributed by atoms with van der Waals surface area (Å²) < 4.78 is 5.98. The lowest BCUT2D eigenvalue weighted by Crippen LogP contribution is -2.27. The fraction of sp³-hybridized carbons (Fsp3) is 0.368. The molecule has 0 bridgehead atoms. The molecule has 4 rings (SSSR count). The molecule has 7 nitrogen and oxygen atoms in total.